The van der Waals surface area contributed by atoms with Crippen LogP contribution in [-0.4, -0.2) is 36.6 Å². The van der Waals surface area contributed by atoms with E-state index in [1.54, 1.807) is 12.1 Å². The fraction of sp³-hybridized carbons (Fsp3) is 0.312. The molecule has 0 saturated carbocycles. The molecule has 1 aromatic heterocycles. The molecular formula is C16H20FN3. The van der Waals surface area contributed by atoms with E-state index in [1.165, 1.54) is 6.07 Å². The van der Waals surface area contributed by atoms with Crippen molar-refractivity contribution in [2.45, 2.75) is 6.42 Å². The minimum absolute atomic E-state index is 0.205. The van der Waals surface area contributed by atoms with E-state index in [0.717, 1.165) is 31.7 Å². The maximum atomic E-state index is 13.4. The zero-order valence-electron chi connectivity index (χ0n) is 11.7. The van der Waals surface area contributed by atoms with Gasteiger partial charge in [-0.25, -0.2) is 4.39 Å². The van der Waals surface area contributed by atoms with Gasteiger partial charge in [0.25, 0.3) is 0 Å². The Bertz CT molecular complexity index is 516. The maximum absolute atomic E-state index is 13.4. The fourth-order valence-corrected chi connectivity index (χ4v) is 1.95. The predicted octanol–water partition coefficient (Wildman–Crippen LogP) is 2.81. The SMILES string of the molecule is CN(CCNc1ccccc1F)CCc1ccccn1. The first kappa shape index (κ1) is 14.5. The molecule has 0 bridgehead atoms. The lowest BCUT2D eigenvalue weighted by atomic mass is 10.2. The number of benzene rings is 1. The van der Waals surface area contributed by atoms with Gasteiger partial charge in [0.15, 0.2) is 0 Å². The first-order valence-corrected chi connectivity index (χ1v) is 6.82. The van der Waals surface area contributed by atoms with Crippen molar-refractivity contribution in [2.24, 2.45) is 0 Å². The Hall–Kier alpha value is -1.94. The predicted molar refractivity (Wildman–Crippen MR) is 80.3 cm³/mol. The number of hydrogen-bond acceptors (Lipinski definition) is 3. The lowest BCUT2D eigenvalue weighted by molar-refractivity contribution is 0.350. The van der Waals surface area contributed by atoms with Crippen LogP contribution in [0, 0.1) is 5.82 Å². The third-order valence-corrected chi connectivity index (χ3v) is 3.16. The van der Waals surface area contributed by atoms with Gasteiger partial charge < -0.3 is 10.2 Å². The zero-order chi connectivity index (χ0) is 14.2. The summed E-state index contributed by atoms with van der Waals surface area (Å²) in [6.07, 6.45) is 2.74. The number of para-hydroxylation sites is 1. The molecule has 2 rings (SSSR count). The van der Waals surface area contributed by atoms with Crippen molar-refractivity contribution in [3.8, 4) is 0 Å². The van der Waals surface area contributed by atoms with Gasteiger partial charge >= 0.3 is 0 Å². The summed E-state index contributed by atoms with van der Waals surface area (Å²) in [6, 6.07) is 12.7. The third-order valence-electron chi connectivity index (χ3n) is 3.16. The molecule has 0 aliphatic heterocycles. The van der Waals surface area contributed by atoms with E-state index in [1.807, 2.05) is 30.5 Å². The zero-order valence-corrected chi connectivity index (χ0v) is 11.7. The molecule has 0 spiro atoms. The first-order chi connectivity index (χ1) is 9.75. The third kappa shape index (κ3) is 4.63. The summed E-state index contributed by atoms with van der Waals surface area (Å²) in [6.45, 7) is 2.52. The van der Waals surface area contributed by atoms with Crippen LogP contribution in [0.1, 0.15) is 5.69 Å². The maximum Gasteiger partial charge on any atom is 0.146 e. The Labute approximate surface area is 119 Å². The molecule has 1 heterocycles. The van der Waals surface area contributed by atoms with Crippen molar-refractivity contribution < 1.29 is 4.39 Å². The molecule has 4 heteroatoms. The Kier molecular flexibility index (Phi) is 5.50. The van der Waals surface area contributed by atoms with Crippen molar-refractivity contribution in [2.75, 3.05) is 32.0 Å². The number of likely N-dealkylation sites (N-methyl/N-ethyl adjacent to an activating group) is 1. The van der Waals surface area contributed by atoms with E-state index in [0.29, 0.717) is 5.69 Å². The molecule has 3 nitrogen and oxygen atoms in total. The second-order valence-electron chi connectivity index (χ2n) is 4.78. The number of aromatic nitrogens is 1. The van der Waals surface area contributed by atoms with Gasteiger partial charge in [-0.2, -0.15) is 0 Å². The van der Waals surface area contributed by atoms with Crippen LogP contribution in [0.3, 0.4) is 0 Å². The van der Waals surface area contributed by atoms with Crippen molar-refractivity contribution in [1.82, 2.24) is 9.88 Å². The molecule has 0 radical (unpaired) electrons. The number of anilines is 1. The van der Waals surface area contributed by atoms with Crippen molar-refractivity contribution >= 4 is 5.69 Å². The number of nitrogens with one attached hydrogen (secondary N) is 1. The Morgan fingerprint density at radius 2 is 1.90 bits per heavy atom. The van der Waals surface area contributed by atoms with Crippen LogP contribution in [-0.2, 0) is 6.42 Å². The highest BCUT2D eigenvalue weighted by atomic mass is 19.1. The first-order valence-electron chi connectivity index (χ1n) is 6.82. The largest absolute Gasteiger partial charge is 0.381 e. The fourth-order valence-electron chi connectivity index (χ4n) is 1.95. The summed E-state index contributed by atoms with van der Waals surface area (Å²) in [5, 5.41) is 3.11. The molecule has 0 fully saturated rings. The quantitative estimate of drug-likeness (QED) is 0.841. The number of rotatable bonds is 7. The number of hydrogen-bond donors (Lipinski definition) is 1. The van der Waals surface area contributed by atoms with E-state index < -0.39 is 0 Å². The van der Waals surface area contributed by atoms with Gasteiger partial charge in [0.2, 0.25) is 0 Å². The minimum Gasteiger partial charge on any atom is -0.381 e. The summed E-state index contributed by atoms with van der Waals surface area (Å²) in [5.41, 5.74) is 1.66. The molecule has 0 amide bonds. The monoisotopic (exact) mass is 273 g/mol. The standard InChI is InChI=1S/C16H20FN3/c1-20(12-9-14-6-4-5-10-18-14)13-11-19-16-8-3-2-7-15(16)17/h2-8,10,19H,9,11-13H2,1H3. The average Bonchev–Trinajstić information content (AvgIpc) is 2.48. The Balaban J connectivity index is 1.68. The van der Waals surface area contributed by atoms with E-state index in [-0.39, 0.29) is 5.82 Å². The Morgan fingerprint density at radius 1 is 1.10 bits per heavy atom. The van der Waals surface area contributed by atoms with Gasteiger partial charge in [-0.05, 0) is 31.3 Å². The van der Waals surface area contributed by atoms with Crippen molar-refractivity contribution in [1.29, 1.82) is 0 Å². The van der Waals surface area contributed by atoms with Gasteiger partial charge in [0.1, 0.15) is 5.82 Å². The summed E-state index contributed by atoms with van der Waals surface area (Å²) in [5.74, 6) is -0.205. The molecular weight excluding hydrogens is 253 g/mol. The summed E-state index contributed by atoms with van der Waals surface area (Å²) < 4.78 is 13.4. The second-order valence-corrected chi connectivity index (χ2v) is 4.78. The molecule has 20 heavy (non-hydrogen) atoms. The van der Waals surface area contributed by atoms with Gasteiger partial charge in [0, 0.05) is 37.9 Å². The number of pyridine rings is 1. The van der Waals surface area contributed by atoms with Gasteiger partial charge in [-0.1, -0.05) is 18.2 Å². The number of halogens is 1. The summed E-state index contributed by atoms with van der Waals surface area (Å²) in [7, 11) is 2.06. The summed E-state index contributed by atoms with van der Waals surface area (Å²) >= 11 is 0. The van der Waals surface area contributed by atoms with Crippen LogP contribution in [0.25, 0.3) is 0 Å². The molecule has 1 N–H and O–H groups in total. The van der Waals surface area contributed by atoms with Crippen molar-refractivity contribution in [3.05, 3.63) is 60.2 Å². The van der Waals surface area contributed by atoms with E-state index in [4.69, 9.17) is 0 Å². The van der Waals surface area contributed by atoms with E-state index in [9.17, 15) is 4.39 Å². The van der Waals surface area contributed by atoms with Crippen LogP contribution in [0.5, 0.6) is 0 Å². The van der Waals surface area contributed by atoms with Crippen LogP contribution in [0.2, 0.25) is 0 Å². The Morgan fingerprint density at radius 3 is 2.65 bits per heavy atom. The average molecular weight is 273 g/mol. The van der Waals surface area contributed by atoms with Crippen molar-refractivity contribution in [3.63, 3.8) is 0 Å². The summed E-state index contributed by atoms with van der Waals surface area (Å²) in [4.78, 5) is 6.51. The van der Waals surface area contributed by atoms with E-state index in [2.05, 4.69) is 22.2 Å². The van der Waals surface area contributed by atoms with Crippen LogP contribution >= 0.6 is 0 Å². The molecule has 1 aromatic carbocycles. The normalized spacial score (nSPS) is 10.8. The van der Waals surface area contributed by atoms with E-state index >= 15 is 0 Å². The molecule has 0 atom stereocenters. The van der Waals surface area contributed by atoms with Gasteiger partial charge in [-0.15, -0.1) is 0 Å². The highest BCUT2D eigenvalue weighted by Gasteiger charge is 2.02. The molecule has 2 aromatic rings. The minimum atomic E-state index is -0.205. The smallest absolute Gasteiger partial charge is 0.146 e. The molecule has 0 saturated heterocycles. The van der Waals surface area contributed by atoms with Crippen LogP contribution in [0.4, 0.5) is 10.1 Å². The molecule has 0 aliphatic rings. The molecule has 0 unspecified atom stereocenters. The second kappa shape index (κ2) is 7.60. The molecule has 106 valence electrons. The van der Waals surface area contributed by atoms with Gasteiger partial charge in [-0.3, -0.25) is 4.98 Å². The lowest BCUT2D eigenvalue weighted by Crippen LogP contribution is -2.27. The highest BCUT2D eigenvalue weighted by Crippen LogP contribution is 2.11. The topological polar surface area (TPSA) is 28.2 Å². The lowest BCUT2D eigenvalue weighted by Gasteiger charge is -2.17. The van der Waals surface area contributed by atoms with Crippen LogP contribution < -0.4 is 5.32 Å². The van der Waals surface area contributed by atoms with Crippen LogP contribution in [0.15, 0.2) is 48.7 Å². The highest BCUT2D eigenvalue weighted by molar-refractivity contribution is 5.44. The number of nitrogens with zero attached hydrogens (tertiary/aromatic N) is 2. The molecule has 0 aliphatic carbocycles. The van der Waals surface area contributed by atoms with Gasteiger partial charge in [0.05, 0.1) is 5.69 Å².